The Labute approximate surface area is 71.6 Å². The molecule has 1 aliphatic heterocycles. The first-order chi connectivity index (χ1) is 5.86. The quantitative estimate of drug-likeness (QED) is 0.569. The molecule has 1 heterocycles. The Morgan fingerprint density at radius 3 is 3.25 bits per heavy atom. The van der Waals surface area contributed by atoms with E-state index in [4.69, 9.17) is 0 Å². The molecule has 62 valence electrons. The van der Waals surface area contributed by atoms with Gasteiger partial charge in [0.25, 0.3) is 0 Å². The molecule has 0 bridgehead atoms. The van der Waals surface area contributed by atoms with Gasteiger partial charge in [-0.1, -0.05) is 24.3 Å². The summed E-state index contributed by atoms with van der Waals surface area (Å²) in [7, 11) is 0. The maximum Gasteiger partial charge on any atom is 0.0776 e. The van der Waals surface area contributed by atoms with E-state index in [1.54, 1.807) is 12.3 Å². The van der Waals surface area contributed by atoms with Crippen LogP contribution >= 0.6 is 0 Å². The van der Waals surface area contributed by atoms with Crippen molar-refractivity contribution in [3.05, 3.63) is 36.0 Å². The third kappa shape index (κ3) is 1.38. The summed E-state index contributed by atoms with van der Waals surface area (Å²) in [6.07, 6.45) is 11.8. The number of hydrogen-bond donors (Lipinski definition) is 1. The molecule has 0 aromatic rings. The van der Waals surface area contributed by atoms with Crippen LogP contribution in [-0.2, 0) is 0 Å². The van der Waals surface area contributed by atoms with Gasteiger partial charge in [-0.05, 0) is 11.6 Å². The average Bonchev–Trinajstić information content (AvgIpc) is 2.25. The third-order valence-corrected chi connectivity index (χ3v) is 2.11. The van der Waals surface area contributed by atoms with Crippen molar-refractivity contribution in [2.75, 3.05) is 0 Å². The van der Waals surface area contributed by atoms with Crippen molar-refractivity contribution in [1.29, 1.82) is 0 Å². The summed E-state index contributed by atoms with van der Waals surface area (Å²) < 4.78 is 0. The molecule has 0 saturated heterocycles. The van der Waals surface area contributed by atoms with E-state index in [2.05, 4.69) is 4.99 Å². The zero-order valence-electron chi connectivity index (χ0n) is 6.72. The number of hydrogen-bond acceptors (Lipinski definition) is 2. The number of nitrogens with zero attached hydrogens (tertiary/aromatic N) is 1. The monoisotopic (exact) mass is 161 g/mol. The molecule has 1 N–H and O–H groups in total. The van der Waals surface area contributed by atoms with E-state index in [1.807, 2.05) is 24.3 Å². The van der Waals surface area contributed by atoms with Crippen LogP contribution in [0, 0.1) is 0 Å². The van der Waals surface area contributed by atoms with Crippen LogP contribution in [0.2, 0.25) is 0 Å². The van der Waals surface area contributed by atoms with Crippen LogP contribution in [0.4, 0.5) is 0 Å². The van der Waals surface area contributed by atoms with Crippen LogP contribution in [0.3, 0.4) is 0 Å². The van der Waals surface area contributed by atoms with Gasteiger partial charge in [-0.3, -0.25) is 4.99 Å². The molecule has 0 saturated carbocycles. The van der Waals surface area contributed by atoms with Gasteiger partial charge in [0.05, 0.1) is 12.1 Å². The molecular weight excluding hydrogens is 150 g/mol. The number of rotatable bonds is 0. The Kier molecular flexibility index (Phi) is 1.92. The van der Waals surface area contributed by atoms with Crippen LogP contribution < -0.4 is 0 Å². The minimum Gasteiger partial charge on any atom is -0.389 e. The predicted octanol–water partition coefficient (Wildman–Crippen LogP) is 1.24. The first-order valence-corrected chi connectivity index (χ1v) is 4.12. The van der Waals surface area contributed by atoms with Gasteiger partial charge in [0.1, 0.15) is 0 Å². The van der Waals surface area contributed by atoms with Gasteiger partial charge in [0, 0.05) is 12.6 Å². The maximum atomic E-state index is 9.41. The minimum atomic E-state index is -0.354. The zero-order valence-corrected chi connectivity index (χ0v) is 6.72. The number of fused-ring (bicyclic) bond motifs is 1. The summed E-state index contributed by atoms with van der Waals surface area (Å²) in [6, 6.07) is 0.153. The van der Waals surface area contributed by atoms with Gasteiger partial charge in [-0.15, -0.1) is 0 Å². The summed E-state index contributed by atoms with van der Waals surface area (Å²) >= 11 is 0. The van der Waals surface area contributed by atoms with E-state index in [0.717, 1.165) is 0 Å². The third-order valence-electron chi connectivity index (χ3n) is 2.11. The van der Waals surface area contributed by atoms with E-state index < -0.39 is 0 Å². The standard InChI is InChI=1S/C10H11NO/c12-9-5-1-3-8-4-2-6-11-10(8)7-9/h1-6,9-10,12H,7H2. The normalized spacial score (nSPS) is 32.6. The Morgan fingerprint density at radius 2 is 2.33 bits per heavy atom. The smallest absolute Gasteiger partial charge is 0.0776 e. The maximum absolute atomic E-state index is 9.41. The van der Waals surface area contributed by atoms with Crippen molar-refractivity contribution in [2.45, 2.75) is 18.6 Å². The largest absolute Gasteiger partial charge is 0.389 e. The number of dihydropyridines is 1. The first-order valence-electron chi connectivity index (χ1n) is 4.12. The summed E-state index contributed by atoms with van der Waals surface area (Å²) in [5, 5.41) is 9.41. The SMILES string of the molecule is OC1C=CC=C2C=CC=NC2C1. The van der Waals surface area contributed by atoms with Gasteiger partial charge >= 0.3 is 0 Å². The van der Waals surface area contributed by atoms with Crippen molar-refractivity contribution in [1.82, 2.24) is 0 Å². The van der Waals surface area contributed by atoms with Crippen molar-refractivity contribution < 1.29 is 5.11 Å². The molecular formula is C10H11NO. The fourth-order valence-corrected chi connectivity index (χ4v) is 1.47. The minimum absolute atomic E-state index is 0.153. The lowest BCUT2D eigenvalue weighted by atomic mass is 10.0. The summed E-state index contributed by atoms with van der Waals surface area (Å²) in [6.45, 7) is 0. The van der Waals surface area contributed by atoms with Gasteiger partial charge in [-0.2, -0.15) is 0 Å². The highest BCUT2D eigenvalue weighted by atomic mass is 16.3. The first kappa shape index (κ1) is 7.50. The van der Waals surface area contributed by atoms with Crippen molar-refractivity contribution >= 4 is 6.21 Å². The van der Waals surface area contributed by atoms with Crippen LogP contribution in [0.5, 0.6) is 0 Å². The van der Waals surface area contributed by atoms with Crippen LogP contribution in [0.1, 0.15) is 6.42 Å². The number of allylic oxidation sites excluding steroid dienone is 3. The van der Waals surface area contributed by atoms with E-state index in [-0.39, 0.29) is 12.1 Å². The molecule has 2 heteroatoms. The van der Waals surface area contributed by atoms with Crippen molar-refractivity contribution in [3.63, 3.8) is 0 Å². The van der Waals surface area contributed by atoms with Crippen molar-refractivity contribution in [2.24, 2.45) is 4.99 Å². The van der Waals surface area contributed by atoms with E-state index in [1.165, 1.54) is 5.57 Å². The molecule has 0 fully saturated rings. The van der Waals surface area contributed by atoms with Crippen LogP contribution in [0.15, 0.2) is 40.9 Å². The summed E-state index contributed by atoms with van der Waals surface area (Å²) in [4.78, 5) is 4.28. The zero-order chi connectivity index (χ0) is 8.39. The Bertz CT molecular complexity index is 286. The molecule has 0 aromatic heterocycles. The molecule has 2 aliphatic rings. The topological polar surface area (TPSA) is 32.6 Å². The van der Waals surface area contributed by atoms with Gasteiger partial charge in [-0.25, -0.2) is 0 Å². The highest BCUT2D eigenvalue weighted by molar-refractivity contribution is 5.74. The fourth-order valence-electron chi connectivity index (χ4n) is 1.47. The van der Waals surface area contributed by atoms with E-state index in [9.17, 15) is 5.11 Å². The van der Waals surface area contributed by atoms with E-state index in [0.29, 0.717) is 6.42 Å². The lowest BCUT2D eigenvalue weighted by molar-refractivity contribution is 0.208. The number of aliphatic imine (C=N–C) groups is 1. The summed E-state index contributed by atoms with van der Waals surface area (Å²) in [5.74, 6) is 0. The molecule has 0 radical (unpaired) electrons. The predicted molar refractivity (Wildman–Crippen MR) is 49.3 cm³/mol. The Morgan fingerprint density at radius 1 is 1.42 bits per heavy atom. The molecule has 0 aromatic carbocycles. The lowest BCUT2D eigenvalue weighted by Gasteiger charge is -2.15. The fraction of sp³-hybridized carbons (Fsp3) is 0.300. The molecule has 2 nitrogen and oxygen atoms in total. The highest BCUT2D eigenvalue weighted by Gasteiger charge is 2.17. The molecule has 12 heavy (non-hydrogen) atoms. The number of aliphatic hydroxyl groups excluding tert-OH is 1. The molecule has 2 unspecified atom stereocenters. The molecule has 0 spiro atoms. The average molecular weight is 161 g/mol. The molecule has 2 rings (SSSR count). The van der Waals surface area contributed by atoms with Gasteiger partial charge in [0.15, 0.2) is 0 Å². The molecule has 1 aliphatic carbocycles. The second-order valence-electron chi connectivity index (χ2n) is 3.03. The molecule has 0 amide bonds. The Balaban J connectivity index is 2.26. The molecule has 2 atom stereocenters. The van der Waals surface area contributed by atoms with Crippen molar-refractivity contribution in [3.8, 4) is 0 Å². The van der Waals surface area contributed by atoms with Crippen LogP contribution in [0.25, 0.3) is 0 Å². The summed E-state index contributed by atoms with van der Waals surface area (Å²) in [5.41, 5.74) is 1.19. The van der Waals surface area contributed by atoms with Gasteiger partial charge in [0.2, 0.25) is 0 Å². The van der Waals surface area contributed by atoms with Gasteiger partial charge < -0.3 is 5.11 Å². The second-order valence-corrected chi connectivity index (χ2v) is 3.03. The lowest BCUT2D eigenvalue weighted by Crippen LogP contribution is -2.16. The Hall–Kier alpha value is -1.15. The van der Waals surface area contributed by atoms with E-state index >= 15 is 0 Å². The highest BCUT2D eigenvalue weighted by Crippen LogP contribution is 2.20. The van der Waals surface area contributed by atoms with Crippen LogP contribution in [-0.4, -0.2) is 23.5 Å². The second kappa shape index (κ2) is 3.07. The number of aliphatic hydroxyl groups is 1.